The van der Waals surface area contributed by atoms with E-state index in [9.17, 15) is 4.79 Å². The Labute approximate surface area is 240 Å². The summed E-state index contributed by atoms with van der Waals surface area (Å²) >= 11 is 0. The molecular weight excluding hydrogens is 510 g/mol. The first-order valence-corrected chi connectivity index (χ1v) is 14.3. The standard InChI is InChI=1S/C33H37N7O/c1-21-6-7-23(31(41)35-26-9-11-30-38-29(33(2,3)4)20-40(30)19-26)17-27(21)22-8-10-28-24(16-22)18-34-32(37-28)36-25-12-14-39(5)15-13-25/h6-11,16-20,25H,12-15H2,1-5H3,(H,35,41)(H,34,36,37). The summed E-state index contributed by atoms with van der Waals surface area (Å²) in [5.74, 6) is 0.522. The number of aromatic nitrogens is 4. The molecule has 0 saturated carbocycles. The van der Waals surface area contributed by atoms with Crippen LogP contribution in [0.3, 0.4) is 0 Å². The van der Waals surface area contributed by atoms with Gasteiger partial charge in [-0.25, -0.2) is 15.0 Å². The lowest BCUT2D eigenvalue weighted by Crippen LogP contribution is -2.37. The van der Waals surface area contributed by atoms with E-state index in [-0.39, 0.29) is 11.3 Å². The van der Waals surface area contributed by atoms with Crippen LogP contribution in [0, 0.1) is 6.92 Å². The Bertz CT molecular complexity index is 1740. The van der Waals surface area contributed by atoms with Gasteiger partial charge >= 0.3 is 0 Å². The molecule has 0 radical (unpaired) electrons. The van der Waals surface area contributed by atoms with Gasteiger partial charge < -0.3 is 19.9 Å². The normalized spacial score (nSPS) is 15.0. The third-order valence-electron chi connectivity index (χ3n) is 7.92. The summed E-state index contributed by atoms with van der Waals surface area (Å²) in [7, 11) is 2.16. The lowest BCUT2D eigenvalue weighted by atomic mass is 9.93. The maximum absolute atomic E-state index is 13.3. The van der Waals surface area contributed by atoms with Crippen LogP contribution in [-0.4, -0.2) is 56.3 Å². The van der Waals surface area contributed by atoms with Gasteiger partial charge in [0, 0.05) is 41.0 Å². The Morgan fingerprint density at radius 3 is 2.56 bits per heavy atom. The van der Waals surface area contributed by atoms with E-state index in [4.69, 9.17) is 9.97 Å². The van der Waals surface area contributed by atoms with Crippen molar-refractivity contribution in [3.8, 4) is 11.1 Å². The predicted molar refractivity (Wildman–Crippen MR) is 166 cm³/mol. The molecule has 2 N–H and O–H groups in total. The highest BCUT2D eigenvalue weighted by Crippen LogP contribution is 2.29. The Morgan fingerprint density at radius 2 is 1.78 bits per heavy atom. The number of imidazole rings is 1. The highest BCUT2D eigenvalue weighted by atomic mass is 16.1. The van der Waals surface area contributed by atoms with E-state index in [1.54, 1.807) is 0 Å². The number of rotatable bonds is 5. The number of aryl methyl sites for hydroxylation is 1. The minimum atomic E-state index is -0.157. The smallest absolute Gasteiger partial charge is 0.255 e. The number of amides is 1. The number of nitrogens with zero attached hydrogens (tertiary/aromatic N) is 5. The van der Waals surface area contributed by atoms with Crippen molar-refractivity contribution in [3.05, 3.63) is 83.9 Å². The Morgan fingerprint density at radius 1 is 0.976 bits per heavy atom. The van der Waals surface area contributed by atoms with Crippen molar-refractivity contribution in [1.82, 2.24) is 24.3 Å². The van der Waals surface area contributed by atoms with Crippen LogP contribution in [0.25, 0.3) is 27.7 Å². The van der Waals surface area contributed by atoms with Crippen molar-refractivity contribution in [2.45, 2.75) is 52.0 Å². The summed E-state index contributed by atoms with van der Waals surface area (Å²) < 4.78 is 1.96. The highest BCUT2D eigenvalue weighted by molar-refractivity contribution is 6.05. The molecule has 0 bridgehead atoms. The first-order valence-electron chi connectivity index (χ1n) is 14.3. The highest BCUT2D eigenvalue weighted by Gasteiger charge is 2.19. The predicted octanol–water partition coefficient (Wildman–Crippen LogP) is 6.31. The average molecular weight is 548 g/mol. The molecule has 8 heteroatoms. The molecule has 0 atom stereocenters. The molecule has 5 aromatic rings. The number of anilines is 2. The number of hydrogen-bond acceptors (Lipinski definition) is 6. The van der Waals surface area contributed by atoms with Crippen LogP contribution in [0.2, 0.25) is 0 Å². The fourth-order valence-electron chi connectivity index (χ4n) is 5.31. The SMILES string of the molecule is Cc1ccc(C(=O)Nc2ccc3nc(C(C)(C)C)cn3c2)cc1-c1ccc2nc(NC3CCN(C)CC3)ncc2c1. The van der Waals surface area contributed by atoms with Gasteiger partial charge in [0.05, 0.1) is 16.9 Å². The van der Waals surface area contributed by atoms with Gasteiger partial charge in [-0.1, -0.05) is 32.9 Å². The molecule has 1 aliphatic rings. The van der Waals surface area contributed by atoms with Gasteiger partial charge in [-0.3, -0.25) is 4.79 Å². The number of likely N-dealkylation sites (tertiary alicyclic amines) is 1. The van der Waals surface area contributed by atoms with Gasteiger partial charge in [0.25, 0.3) is 5.91 Å². The van der Waals surface area contributed by atoms with Crippen molar-refractivity contribution in [3.63, 3.8) is 0 Å². The van der Waals surface area contributed by atoms with Crippen LogP contribution in [0.4, 0.5) is 11.6 Å². The quantitative estimate of drug-likeness (QED) is 0.268. The van der Waals surface area contributed by atoms with E-state index in [2.05, 4.69) is 67.4 Å². The number of pyridine rings is 1. The molecule has 41 heavy (non-hydrogen) atoms. The van der Waals surface area contributed by atoms with Crippen molar-refractivity contribution >= 4 is 34.1 Å². The monoisotopic (exact) mass is 547 g/mol. The van der Waals surface area contributed by atoms with E-state index in [0.717, 1.165) is 70.6 Å². The average Bonchev–Trinajstić information content (AvgIpc) is 3.39. The van der Waals surface area contributed by atoms with Crippen molar-refractivity contribution in [2.24, 2.45) is 0 Å². The van der Waals surface area contributed by atoms with Crippen LogP contribution < -0.4 is 10.6 Å². The fourth-order valence-corrected chi connectivity index (χ4v) is 5.31. The zero-order chi connectivity index (χ0) is 28.7. The second-order valence-electron chi connectivity index (χ2n) is 12.2. The first-order chi connectivity index (χ1) is 19.6. The molecule has 8 nitrogen and oxygen atoms in total. The molecule has 1 aliphatic heterocycles. The number of piperidine rings is 1. The van der Waals surface area contributed by atoms with E-state index >= 15 is 0 Å². The molecule has 0 unspecified atom stereocenters. The number of benzene rings is 2. The van der Waals surface area contributed by atoms with Crippen LogP contribution in [-0.2, 0) is 5.41 Å². The van der Waals surface area contributed by atoms with Crippen LogP contribution >= 0.6 is 0 Å². The molecule has 0 spiro atoms. The number of fused-ring (bicyclic) bond motifs is 2. The van der Waals surface area contributed by atoms with E-state index in [0.29, 0.717) is 17.6 Å². The fraction of sp³-hybridized carbons (Fsp3) is 0.333. The number of carbonyl (C=O) groups is 1. The maximum Gasteiger partial charge on any atom is 0.255 e. The summed E-state index contributed by atoms with van der Waals surface area (Å²) in [6.07, 6.45) is 7.99. The summed E-state index contributed by atoms with van der Waals surface area (Å²) in [6, 6.07) is 16.2. The van der Waals surface area contributed by atoms with Gasteiger partial charge in [-0.15, -0.1) is 0 Å². The Balaban J connectivity index is 1.21. The Hall–Kier alpha value is -4.30. The van der Waals surface area contributed by atoms with E-state index < -0.39 is 0 Å². The molecule has 4 heterocycles. The van der Waals surface area contributed by atoms with Crippen LogP contribution in [0.15, 0.2) is 67.1 Å². The molecule has 6 rings (SSSR count). The number of hydrogen-bond donors (Lipinski definition) is 2. The summed E-state index contributed by atoms with van der Waals surface area (Å²) in [6.45, 7) is 10.7. The van der Waals surface area contributed by atoms with Crippen LogP contribution in [0.1, 0.15) is 55.2 Å². The van der Waals surface area contributed by atoms with Gasteiger partial charge in [0.1, 0.15) is 5.65 Å². The second-order valence-corrected chi connectivity index (χ2v) is 12.2. The molecule has 0 aliphatic carbocycles. The van der Waals surface area contributed by atoms with E-state index in [1.807, 2.05) is 59.4 Å². The lowest BCUT2D eigenvalue weighted by molar-refractivity contribution is 0.102. The molecule has 3 aromatic heterocycles. The minimum absolute atomic E-state index is 0.0474. The number of nitrogens with one attached hydrogen (secondary N) is 2. The minimum Gasteiger partial charge on any atom is -0.351 e. The Kier molecular flexibility index (Phi) is 6.95. The van der Waals surface area contributed by atoms with Crippen molar-refractivity contribution in [1.29, 1.82) is 0 Å². The molecule has 1 fully saturated rings. The zero-order valence-electron chi connectivity index (χ0n) is 24.4. The third kappa shape index (κ3) is 5.79. The zero-order valence-corrected chi connectivity index (χ0v) is 24.4. The largest absolute Gasteiger partial charge is 0.351 e. The summed E-state index contributed by atoms with van der Waals surface area (Å²) in [5.41, 5.74) is 7.16. The molecule has 2 aromatic carbocycles. The molecular formula is C33H37N7O. The first kappa shape index (κ1) is 26.9. The van der Waals surface area contributed by atoms with Gasteiger partial charge in [-0.05, 0) is 93.0 Å². The maximum atomic E-state index is 13.3. The van der Waals surface area contributed by atoms with E-state index in [1.165, 1.54) is 0 Å². The second kappa shape index (κ2) is 10.6. The topological polar surface area (TPSA) is 87.5 Å². The summed E-state index contributed by atoms with van der Waals surface area (Å²) in [5, 5.41) is 7.53. The van der Waals surface area contributed by atoms with Crippen molar-refractivity contribution in [2.75, 3.05) is 30.8 Å². The molecule has 210 valence electrons. The number of carbonyl (C=O) groups excluding carboxylic acids is 1. The van der Waals surface area contributed by atoms with Gasteiger partial charge in [0.2, 0.25) is 5.95 Å². The summed E-state index contributed by atoms with van der Waals surface area (Å²) in [4.78, 5) is 29.7. The van der Waals surface area contributed by atoms with Crippen LogP contribution in [0.5, 0.6) is 0 Å². The lowest BCUT2D eigenvalue weighted by Gasteiger charge is -2.29. The van der Waals surface area contributed by atoms with Gasteiger partial charge in [-0.2, -0.15) is 0 Å². The molecule has 1 saturated heterocycles. The van der Waals surface area contributed by atoms with Crippen molar-refractivity contribution < 1.29 is 4.79 Å². The third-order valence-corrected chi connectivity index (χ3v) is 7.92. The molecule has 1 amide bonds. The van der Waals surface area contributed by atoms with Gasteiger partial charge in [0.15, 0.2) is 0 Å².